The van der Waals surface area contributed by atoms with Gasteiger partial charge in [0.2, 0.25) is 0 Å². The number of aromatic nitrogens is 2. The molecule has 0 unspecified atom stereocenters. The molecular weight excluding hydrogens is 203 g/mol. The predicted molar refractivity (Wildman–Crippen MR) is 29.9 cm³/mol. The third-order valence-electron chi connectivity index (χ3n) is 0.986. The SMILES string of the molecule is FC(F)(F)C(F)(F)c1ncns1. The first-order valence-corrected chi connectivity index (χ1v) is 3.35. The highest BCUT2D eigenvalue weighted by Crippen LogP contribution is 2.43. The minimum atomic E-state index is -5.60. The highest BCUT2D eigenvalue weighted by Gasteiger charge is 2.61. The molecule has 0 saturated heterocycles. The summed E-state index contributed by atoms with van der Waals surface area (Å²) < 4.78 is 62.4. The van der Waals surface area contributed by atoms with Gasteiger partial charge in [-0.25, -0.2) is 4.98 Å². The maximum Gasteiger partial charge on any atom is 0.460 e. The zero-order valence-corrected chi connectivity index (χ0v) is 6.09. The Morgan fingerprint density at radius 3 is 2.08 bits per heavy atom. The molecule has 0 amide bonds. The number of rotatable bonds is 1. The third kappa shape index (κ3) is 1.38. The lowest BCUT2D eigenvalue weighted by Gasteiger charge is -2.15. The number of nitrogens with zero attached hydrogens (tertiary/aromatic N) is 2. The van der Waals surface area contributed by atoms with Crippen molar-refractivity contribution in [3.63, 3.8) is 0 Å². The molecule has 1 heterocycles. The van der Waals surface area contributed by atoms with E-state index in [9.17, 15) is 22.0 Å². The maximum absolute atomic E-state index is 12.3. The summed E-state index contributed by atoms with van der Waals surface area (Å²) in [6, 6.07) is 0. The van der Waals surface area contributed by atoms with E-state index in [-0.39, 0.29) is 11.5 Å². The molecule has 0 N–H and O–H groups in total. The first-order valence-electron chi connectivity index (χ1n) is 2.57. The summed E-state index contributed by atoms with van der Waals surface area (Å²) in [5, 5.41) is -1.34. The Bertz CT molecular complexity index is 253. The molecule has 0 saturated carbocycles. The second-order valence-electron chi connectivity index (χ2n) is 1.82. The fourth-order valence-electron chi connectivity index (χ4n) is 0.433. The number of hydrogen-bond donors (Lipinski definition) is 0. The molecule has 2 nitrogen and oxygen atoms in total. The van der Waals surface area contributed by atoms with Gasteiger partial charge in [-0.15, -0.1) is 0 Å². The van der Waals surface area contributed by atoms with Gasteiger partial charge in [-0.2, -0.15) is 26.3 Å². The zero-order valence-electron chi connectivity index (χ0n) is 5.27. The topological polar surface area (TPSA) is 25.8 Å². The van der Waals surface area contributed by atoms with Crippen LogP contribution in [-0.2, 0) is 5.92 Å². The Morgan fingerprint density at radius 2 is 1.75 bits per heavy atom. The quantitative estimate of drug-likeness (QED) is 0.655. The summed E-state index contributed by atoms with van der Waals surface area (Å²) in [5.41, 5.74) is 0. The standard InChI is InChI=1S/C4HF5N2S/c5-3(6,4(7,8)9)2-10-1-11-12-2/h1H. The largest absolute Gasteiger partial charge is 0.460 e. The van der Waals surface area contributed by atoms with Crippen molar-refractivity contribution in [3.05, 3.63) is 11.3 Å². The Balaban J connectivity index is 3.02. The van der Waals surface area contributed by atoms with Gasteiger partial charge < -0.3 is 0 Å². The Morgan fingerprint density at radius 1 is 1.17 bits per heavy atom. The lowest BCUT2D eigenvalue weighted by atomic mass is 10.3. The van der Waals surface area contributed by atoms with Gasteiger partial charge in [0.05, 0.1) is 0 Å². The number of alkyl halides is 5. The van der Waals surface area contributed by atoms with E-state index in [1.165, 1.54) is 0 Å². The van der Waals surface area contributed by atoms with Crippen molar-refractivity contribution in [2.45, 2.75) is 12.1 Å². The van der Waals surface area contributed by atoms with Gasteiger partial charge in [0.25, 0.3) is 0 Å². The molecule has 0 aromatic carbocycles. The molecule has 68 valence electrons. The Kier molecular flexibility index (Phi) is 2.02. The maximum atomic E-state index is 12.3. The van der Waals surface area contributed by atoms with E-state index in [1.807, 2.05) is 0 Å². The van der Waals surface area contributed by atoms with Crippen molar-refractivity contribution in [2.24, 2.45) is 0 Å². The van der Waals surface area contributed by atoms with E-state index < -0.39 is 17.1 Å². The summed E-state index contributed by atoms with van der Waals surface area (Å²) >= 11 is 0.0256. The van der Waals surface area contributed by atoms with E-state index in [2.05, 4.69) is 9.36 Å². The molecule has 0 atom stereocenters. The summed E-state index contributed by atoms with van der Waals surface area (Å²) in [5.74, 6) is -4.89. The summed E-state index contributed by atoms with van der Waals surface area (Å²) in [6.45, 7) is 0. The predicted octanol–water partition coefficient (Wildman–Crippen LogP) is 2.19. The molecule has 0 aliphatic rings. The second-order valence-corrected chi connectivity index (χ2v) is 2.60. The van der Waals surface area contributed by atoms with Crippen LogP contribution in [0.1, 0.15) is 5.01 Å². The van der Waals surface area contributed by atoms with Crippen LogP contribution in [0.3, 0.4) is 0 Å². The number of halogens is 5. The highest BCUT2D eigenvalue weighted by atomic mass is 32.1. The summed E-state index contributed by atoms with van der Waals surface area (Å²) in [7, 11) is 0. The van der Waals surface area contributed by atoms with Gasteiger partial charge >= 0.3 is 12.1 Å². The van der Waals surface area contributed by atoms with E-state index in [4.69, 9.17) is 0 Å². The number of hydrogen-bond acceptors (Lipinski definition) is 3. The van der Waals surface area contributed by atoms with Gasteiger partial charge in [-0.05, 0) is 11.5 Å². The third-order valence-corrected chi connectivity index (χ3v) is 1.72. The fourth-order valence-corrected chi connectivity index (χ4v) is 0.952. The van der Waals surface area contributed by atoms with Crippen molar-refractivity contribution in [1.29, 1.82) is 0 Å². The van der Waals surface area contributed by atoms with Gasteiger partial charge in [0, 0.05) is 0 Å². The van der Waals surface area contributed by atoms with Crippen LogP contribution >= 0.6 is 11.5 Å². The minimum Gasteiger partial charge on any atom is -0.221 e. The summed E-state index contributed by atoms with van der Waals surface area (Å²) in [6.07, 6.45) is -4.95. The molecule has 1 aromatic heterocycles. The van der Waals surface area contributed by atoms with Gasteiger partial charge in [0.1, 0.15) is 6.33 Å². The first-order chi connectivity index (χ1) is 5.36. The van der Waals surface area contributed by atoms with Crippen LogP contribution < -0.4 is 0 Å². The Hall–Kier alpha value is -0.790. The van der Waals surface area contributed by atoms with Crippen LogP contribution in [0.5, 0.6) is 0 Å². The zero-order chi connectivity index (χ0) is 9.41. The summed E-state index contributed by atoms with van der Waals surface area (Å²) in [4.78, 5) is 2.79. The molecule has 1 rings (SSSR count). The molecule has 0 spiro atoms. The fraction of sp³-hybridized carbons (Fsp3) is 0.500. The normalized spacial score (nSPS) is 13.4. The smallest absolute Gasteiger partial charge is 0.221 e. The van der Waals surface area contributed by atoms with Crippen molar-refractivity contribution in [2.75, 3.05) is 0 Å². The molecule has 0 fully saturated rings. The van der Waals surface area contributed by atoms with Gasteiger partial charge in [0.15, 0.2) is 5.01 Å². The van der Waals surface area contributed by atoms with Crippen LogP contribution in [-0.4, -0.2) is 15.5 Å². The molecule has 0 radical (unpaired) electrons. The van der Waals surface area contributed by atoms with Crippen LogP contribution in [0.25, 0.3) is 0 Å². The van der Waals surface area contributed by atoms with E-state index in [0.717, 1.165) is 0 Å². The lowest BCUT2D eigenvalue weighted by molar-refractivity contribution is -0.289. The molecule has 0 aliphatic carbocycles. The minimum absolute atomic E-state index is 0.0256. The van der Waals surface area contributed by atoms with Crippen molar-refractivity contribution in [1.82, 2.24) is 9.36 Å². The molecule has 0 aliphatic heterocycles. The van der Waals surface area contributed by atoms with Crippen LogP contribution in [0.2, 0.25) is 0 Å². The van der Waals surface area contributed by atoms with E-state index in [0.29, 0.717) is 6.33 Å². The molecule has 0 bridgehead atoms. The monoisotopic (exact) mass is 204 g/mol. The molecule has 12 heavy (non-hydrogen) atoms. The van der Waals surface area contributed by atoms with Crippen LogP contribution in [0, 0.1) is 0 Å². The molecular formula is C4HF5N2S. The van der Waals surface area contributed by atoms with Crippen molar-refractivity contribution in [3.8, 4) is 0 Å². The Labute approximate surface area is 67.2 Å². The average Bonchev–Trinajstić information content (AvgIpc) is 2.34. The lowest BCUT2D eigenvalue weighted by Crippen LogP contribution is -2.33. The molecule has 1 aromatic rings. The van der Waals surface area contributed by atoms with Crippen LogP contribution in [0.15, 0.2) is 6.33 Å². The molecule has 8 heteroatoms. The van der Waals surface area contributed by atoms with E-state index >= 15 is 0 Å². The first kappa shape index (κ1) is 9.30. The van der Waals surface area contributed by atoms with Crippen LogP contribution in [0.4, 0.5) is 22.0 Å². The van der Waals surface area contributed by atoms with Crippen molar-refractivity contribution >= 4 is 11.5 Å². The van der Waals surface area contributed by atoms with Gasteiger partial charge in [-0.3, -0.25) is 0 Å². The van der Waals surface area contributed by atoms with Crippen molar-refractivity contribution < 1.29 is 22.0 Å². The van der Waals surface area contributed by atoms with E-state index in [1.54, 1.807) is 0 Å². The average molecular weight is 204 g/mol. The highest BCUT2D eigenvalue weighted by molar-refractivity contribution is 7.05. The van der Waals surface area contributed by atoms with Gasteiger partial charge in [-0.1, -0.05) is 0 Å². The second kappa shape index (κ2) is 2.61.